The Labute approximate surface area is 139 Å². The molecule has 0 aliphatic carbocycles. The van der Waals surface area contributed by atoms with Gasteiger partial charge in [-0.15, -0.1) is 0 Å². The van der Waals surface area contributed by atoms with Gasteiger partial charge in [0, 0.05) is 26.6 Å². The second kappa shape index (κ2) is 9.83. The monoisotopic (exact) mass is 320 g/mol. The van der Waals surface area contributed by atoms with Gasteiger partial charge >= 0.3 is 0 Å². The molecule has 0 amide bonds. The molecule has 0 spiro atoms. The average Bonchev–Trinajstić information content (AvgIpc) is 2.60. The van der Waals surface area contributed by atoms with Crippen molar-refractivity contribution < 1.29 is 18.9 Å². The first-order valence-electron chi connectivity index (χ1n) is 8.22. The van der Waals surface area contributed by atoms with Crippen LogP contribution >= 0.6 is 0 Å². The third-order valence-corrected chi connectivity index (χ3v) is 4.18. The molecule has 0 saturated carbocycles. The van der Waals surface area contributed by atoms with Crippen molar-refractivity contribution >= 4 is 0 Å². The molecule has 1 unspecified atom stereocenters. The minimum Gasteiger partial charge on any atom is -0.381 e. The summed E-state index contributed by atoms with van der Waals surface area (Å²) in [5.74, 6) is 0.305. The summed E-state index contributed by atoms with van der Waals surface area (Å²) < 4.78 is 22.6. The molecule has 0 N–H and O–H groups in total. The highest BCUT2D eigenvalue weighted by Crippen LogP contribution is 2.22. The zero-order valence-corrected chi connectivity index (χ0v) is 14.3. The van der Waals surface area contributed by atoms with Crippen LogP contribution < -0.4 is 0 Å². The van der Waals surface area contributed by atoms with E-state index in [2.05, 4.69) is 25.1 Å². The first-order valence-corrected chi connectivity index (χ1v) is 8.22. The predicted molar refractivity (Wildman–Crippen MR) is 90.1 cm³/mol. The molecule has 0 bridgehead atoms. The van der Waals surface area contributed by atoms with Crippen LogP contribution in [-0.2, 0) is 25.6 Å². The van der Waals surface area contributed by atoms with Gasteiger partial charge in [-0.3, -0.25) is 0 Å². The van der Waals surface area contributed by atoms with Gasteiger partial charge in [0.1, 0.15) is 0 Å². The van der Waals surface area contributed by atoms with Gasteiger partial charge in [0.15, 0.2) is 6.29 Å². The van der Waals surface area contributed by atoms with E-state index in [1.165, 1.54) is 5.56 Å². The SMILES string of the molecule is COC1C=CC[C@@H](C[C@H](OC)[C@@H](C)COCc2ccccc2)O1. The Bertz CT molecular complexity index is 460. The first-order chi connectivity index (χ1) is 11.2. The zero-order valence-electron chi connectivity index (χ0n) is 14.3. The Morgan fingerprint density at radius 3 is 2.70 bits per heavy atom. The van der Waals surface area contributed by atoms with Crippen LogP contribution in [0.1, 0.15) is 25.3 Å². The summed E-state index contributed by atoms with van der Waals surface area (Å²) in [7, 11) is 3.41. The van der Waals surface area contributed by atoms with Crippen LogP contribution in [0.25, 0.3) is 0 Å². The number of hydrogen-bond donors (Lipinski definition) is 0. The molecule has 4 heteroatoms. The van der Waals surface area contributed by atoms with Crippen molar-refractivity contribution in [3.05, 3.63) is 48.0 Å². The number of benzene rings is 1. The molecule has 1 aromatic rings. The predicted octanol–water partition coefficient (Wildman–Crippen LogP) is 3.56. The first kappa shape index (κ1) is 18.1. The Kier molecular flexibility index (Phi) is 7.76. The van der Waals surface area contributed by atoms with Crippen molar-refractivity contribution in [2.45, 2.75) is 44.9 Å². The van der Waals surface area contributed by atoms with Crippen LogP contribution in [0.15, 0.2) is 42.5 Å². The molecule has 23 heavy (non-hydrogen) atoms. The van der Waals surface area contributed by atoms with E-state index in [0.29, 0.717) is 19.1 Å². The van der Waals surface area contributed by atoms with Gasteiger partial charge in [-0.2, -0.15) is 0 Å². The minimum atomic E-state index is -0.240. The van der Waals surface area contributed by atoms with Crippen LogP contribution in [0.4, 0.5) is 0 Å². The fourth-order valence-electron chi connectivity index (χ4n) is 2.78. The van der Waals surface area contributed by atoms with E-state index in [0.717, 1.165) is 12.8 Å². The van der Waals surface area contributed by atoms with E-state index in [-0.39, 0.29) is 18.5 Å². The van der Waals surface area contributed by atoms with Crippen molar-refractivity contribution in [2.24, 2.45) is 5.92 Å². The second-order valence-corrected chi connectivity index (χ2v) is 6.01. The summed E-state index contributed by atoms with van der Waals surface area (Å²) >= 11 is 0. The fraction of sp³-hybridized carbons (Fsp3) is 0.579. The maximum Gasteiger partial charge on any atom is 0.176 e. The quantitative estimate of drug-likeness (QED) is 0.652. The van der Waals surface area contributed by atoms with Gasteiger partial charge in [-0.05, 0) is 18.1 Å². The molecule has 4 nitrogen and oxygen atoms in total. The lowest BCUT2D eigenvalue weighted by molar-refractivity contribution is -0.145. The molecule has 128 valence electrons. The lowest BCUT2D eigenvalue weighted by Crippen LogP contribution is -2.33. The zero-order chi connectivity index (χ0) is 16.5. The van der Waals surface area contributed by atoms with E-state index in [9.17, 15) is 0 Å². The highest BCUT2D eigenvalue weighted by Gasteiger charge is 2.25. The standard InChI is InChI=1S/C19H28O4/c1-15(13-22-14-16-8-5-4-6-9-16)18(20-2)12-17-10-7-11-19(21-3)23-17/h4-9,11,15,17-19H,10,12-14H2,1-3H3/t15-,17-,18-,19?/m0/s1. The van der Waals surface area contributed by atoms with E-state index in [1.807, 2.05) is 24.3 Å². The maximum absolute atomic E-state index is 5.86. The van der Waals surface area contributed by atoms with Crippen molar-refractivity contribution in [3.8, 4) is 0 Å². The minimum absolute atomic E-state index is 0.111. The van der Waals surface area contributed by atoms with Gasteiger partial charge < -0.3 is 18.9 Å². The van der Waals surface area contributed by atoms with Crippen molar-refractivity contribution in [1.29, 1.82) is 0 Å². The van der Waals surface area contributed by atoms with Crippen LogP contribution in [-0.4, -0.2) is 39.3 Å². The summed E-state index contributed by atoms with van der Waals surface area (Å²) in [6.45, 7) is 3.46. The number of ether oxygens (including phenoxy) is 4. The Balaban J connectivity index is 1.74. The van der Waals surface area contributed by atoms with Crippen LogP contribution in [0, 0.1) is 5.92 Å². The lowest BCUT2D eigenvalue weighted by atomic mass is 9.97. The lowest BCUT2D eigenvalue weighted by Gasteiger charge is -2.30. The molecule has 0 aromatic heterocycles. The van der Waals surface area contributed by atoms with Crippen molar-refractivity contribution in [2.75, 3.05) is 20.8 Å². The van der Waals surface area contributed by atoms with Gasteiger partial charge in [0.25, 0.3) is 0 Å². The van der Waals surface area contributed by atoms with Crippen molar-refractivity contribution in [1.82, 2.24) is 0 Å². The fourth-order valence-corrected chi connectivity index (χ4v) is 2.78. The molecule has 1 heterocycles. The van der Waals surface area contributed by atoms with E-state index in [1.54, 1.807) is 14.2 Å². The van der Waals surface area contributed by atoms with Gasteiger partial charge in [0.05, 0.1) is 25.4 Å². The van der Waals surface area contributed by atoms with Gasteiger partial charge in [0.2, 0.25) is 0 Å². The summed E-state index contributed by atoms with van der Waals surface area (Å²) in [6, 6.07) is 10.2. The average molecular weight is 320 g/mol. The summed E-state index contributed by atoms with van der Waals surface area (Å²) in [5, 5.41) is 0. The van der Waals surface area contributed by atoms with E-state index >= 15 is 0 Å². The van der Waals surface area contributed by atoms with Crippen LogP contribution in [0.5, 0.6) is 0 Å². The summed E-state index contributed by atoms with van der Waals surface area (Å²) in [5.41, 5.74) is 1.19. The highest BCUT2D eigenvalue weighted by atomic mass is 16.7. The van der Waals surface area contributed by atoms with Crippen LogP contribution in [0.2, 0.25) is 0 Å². The van der Waals surface area contributed by atoms with Gasteiger partial charge in [-0.25, -0.2) is 0 Å². The molecule has 0 saturated heterocycles. The molecule has 0 fully saturated rings. The van der Waals surface area contributed by atoms with E-state index < -0.39 is 0 Å². The Morgan fingerprint density at radius 1 is 1.22 bits per heavy atom. The third-order valence-electron chi connectivity index (χ3n) is 4.18. The molecule has 2 rings (SSSR count). The molecular formula is C19H28O4. The molecule has 4 atom stereocenters. The summed E-state index contributed by atoms with van der Waals surface area (Å²) in [6.07, 6.45) is 5.81. The Hall–Kier alpha value is -1.20. The van der Waals surface area contributed by atoms with Crippen molar-refractivity contribution in [3.63, 3.8) is 0 Å². The maximum atomic E-state index is 5.86. The number of methoxy groups -OCH3 is 2. The third kappa shape index (κ3) is 6.07. The van der Waals surface area contributed by atoms with E-state index in [4.69, 9.17) is 18.9 Å². The highest BCUT2D eigenvalue weighted by molar-refractivity contribution is 5.13. The normalized spacial score (nSPS) is 23.6. The Morgan fingerprint density at radius 2 is 2.00 bits per heavy atom. The molecular weight excluding hydrogens is 292 g/mol. The topological polar surface area (TPSA) is 36.9 Å². The summed E-state index contributed by atoms with van der Waals surface area (Å²) in [4.78, 5) is 0. The molecule has 0 radical (unpaired) electrons. The molecule has 1 aromatic carbocycles. The smallest absolute Gasteiger partial charge is 0.176 e. The van der Waals surface area contributed by atoms with Gasteiger partial charge in [-0.1, -0.05) is 43.3 Å². The largest absolute Gasteiger partial charge is 0.381 e. The number of hydrogen-bond acceptors (Lipinski definition) is 4. The molecule has 1 aliphatic rings. The number of rotatable bonds is 9. The van der Waals surface area contributed by atoms with Crippen LogP contribution in [0.3, 0.4) is 0 Å². The second-order valence-electron chi connectivity index (χ2n) is 6.01. The molecule has 1 aliphatic heterocycles.